The van der Waals surface area contributed by atoms with Crippen molar-refractivity contribution in [2.75, 3.05) is 24.4 Å². The molecule has 0 aliphatic heterocycles. The lowest BCUT2D eigenvalue weighted by molar-refractivity contribution is -0.119. The monoisotopic (exact) mass is 414 g/mol. The SMILES string of the molecule is COc1ccc(NC(C)=O)cc1NC(=O)COC(=O)c1ccc(COC(C)C)cc1. The van der Waals surface area contributed by atoms with E-state index in [9.17, 15) is 14.4 Å². The van der Waals surface area contributed by atoms with Crippen molar-refractivity contribution in [1.29, 1.82) is 0 Å². The molecule has 0 saturated heterocycles. The van der Waals surface area contributed by atoms with E-state index < -0.39 is 18.5 Å². The molecule has 0 aliphatic rings. The average Bonchev–Trinajstić information content (AvgIpc) is 2.70. The summed E-state index contributed by atoms with van der Waals surface area (Å²) >= 11 is 0. The summed E-state index contributed by atoms with van der Waals surface area (Å²) in [5.41, 5.74) is 2.11. The van der Waals surface area contributed by atoms with Crippen molar-refractivity contribution < 1.29 is 28.6 Å². The van der Waals surface area contributed by atoms with E-state index in [1.54, 1.807) is 42.5 Å². The van der Waals surface area contributed by atoms with Gasteiger partial charge < -0.3 is 24.8 Å². The van der Waals surface area contributed by atoms with Crippen molar-refractivity contribution >= 4 is 29.2 Å². The molecule has 2 aromatic rings. The van der Waals surface area contributed by atoms with Crippen LogP contribution >= 0.6 is 0 Å². The number of rotatable bonds is 9. The Morgan fingerprint density at radius 2 is 1.70 bits per heavy atom. The van der Waals surface area contributed by atoms with Crippen LogP contribution in [0.25, 0.3) is 0 Å². The minimum absolute atomic E-state index is 0.116. The van der Waals surface area contributed by atoms with Crippen LogP contribution in [-0.4, -0.2) is 37.6 Å². The van der Waals surface area contributed by atoms with Crippen LogP contribution in [0.15, 0.2) is 42.5 Å². The van der Waals surface area contributed by atoms with Gasteiger partial charge in [-0.3, -0.25) is 9.59 Å². The number of hydrogen-bond donors (Lipinski definition) is 2. The maximum absolute atomic E-state index is 12.2. The molecule has 2 N–H and O–H groups in total. The molecule has 8 heteroatoms. The number of carbonyl (C=O) groups excluding carboxylic acids is 3. The van der Waals surface area contributed by atoms with Crippen molar-refractivity contribution in [3.63, 3.8) is 0 Å². The maximum atomic E-state index is 12.2. The largest absolute Gasteiger partial charge is 0.495 e. The van der Waals surface area contributed by atoms with Gasteiger partial charge in [0.15, 0.2) is 6.61 Å². The van der Waals surface area contributed by atoms with Crippen LogP contribution < -0.4 is 15.4 Å². The van der Waals surface area contributed by atoms with E-state index in [1.807, 2.05) is 13.8 Å². The summed E-state index contributed by atoms with van der Waals surface area (Å²) in [5.74, 6) is -0.986. The lowest BCUT2D eigenvalue weighted by atomic mass is 10.1. The third-order valence-electron chi connectivity index (χ3n) is 3.90. The van der Waals surface area contributed by atoms with E-state index >= 15 is 0 Å². The minimum Gasteiger partial charge on any atom is -0.495 e. The van der Waals surface area contributed by atoms with Crippen molar-refractivity contribution in [3.05, 3.63) is 53.6 Å². The van der Waals surface area contributed by atoms with Crippen LogP contribution in [-0.2, 0) is 25.7 Å². The second-order valence-corrected chi connectivity index (χ2v) is 6.78. The molecule has 0 unspecified atom stereocenters. The summed E-state index contributed by atoms with van der Waals surface area (Å²) in [7, 11) is 1.46. The smallest absolute Gasteiger partial charge is 0.338 e. The van der Waals surface area contributed by atoms with E-state index in [-0.39, 0.29) is 12.0 Å². The minimum atomic E-state index is -0.611. The molecule has 0 atom stereocenters. The third kappa shape index (κ3) is 7.21. The lowest BCUT2D eigenvalue weighted by Crippen LogP contribution is -2.21. The van der Waals surface area contributed by atoms with Crippen molar-refractivity contribution in [2.24, 2.45) is 0 Å². The normalized spacial score (nSPS) is 10.4. The third-order valence-corrected chi connectivity index (χ3v) is 3.90. The molecule has 0 heterocycles. The predicted molar refractivity (Wildman–Crippen MR) is 113 cm³/mol. The van der Waals surface area contributed by atoms with Crippen LogP contribution in [0.4, 0.5) is 11.4 Å². The highest BCUT2D eigenvalue weighted by atomic mass is 16.5. The van der Waals surface area contributed by atoms with Crippen molar-refractivity contribution in [1.82, 2.24) is 0 Å². The molecule has 2 amide bonds. The zero-order valence-electron chi connectivity index (χ0n) is 17.5. The molecular weight excluding hydrogens is 388 g/mol. The Morgan fingerprint density at radius 1 is 1.00 bits per heavy atom. The number of carbonyl (C=O) groups is 3. The van der Waals surface area contributed by atoms with Crippen molar-refractivity contribution in [3.8, 4) is 5.75 Å². The first-order valence-corrected chi connectivity index (χ1v) is 9.41. The Balaban J connectivity index is 1.92. The molecule has 160 valence electrons. The molecule has 0 saturated carbocycles. The Labute approximate surface area is 175 Å². The number of methoxy groups -OCH3 is 1. The second-order valence-electron chi connectivity index (χ2n) is 6.78. The fraction of sp³-hybridized carbons (Fsp3) is 0.318. The molecule has 0 fully saturated rings. The predicted octanol–water partition coefficient (Wildman–Crippen LogP) is 3.37. The molecule has 0 radical (unpaired) electrons. The lowest BCUT2D eigenvalue weighted by Gasteiger charge is -2.12. The summed E-state index contributed by atoms with van der Waals surface area (Å²) in [6, 6.07) is 11.6. The van der Waals surface area contributed by atoms with Gasteiger partial charge in [-0.1, -0.05) is 12.1 Å². The highest BCUT2D eigenvalue weighted by Crippen LogP contribution is 2.27. The molecule has 30 heavy (non-hydrogen) atoms. The van der Waals surface area contributed by atoms with Gasteiger partial charge in [-0.05, 0) is 49.7 Å². The van der Waals surface area contributed by atoms with Crippen LogP contribution in [0.3, 0.4) is 0 Å². The van der Waals surface area contributed by atoms with E-state index in [2.05, 4.69) is 10.6 Å². The van der Waals surface area contributed by atoms with Gasteiger partial charge in [0.25, 0.3) is 5.91 Å². The highest BCUT2D eigenvalue weighted by molar-refractivity contribution is 5.97. The van der Waals surface area contributed by atoms with Crippen LogP contribution in [0.2, 0.25) is 0 Å². The number of ether oxygens (including phenoxy) is 3. The molecule has 2 rings (SSSR count). The fourth-order valence-electron chi connectivity index (χ4n) is 2.49. The first-order chi connectivity index (χ1) is 14.3. The standard InChI is InChI=1S/C22H26N2O6/c1-14(2)29-12-16-5-7-17(8-6-16)22(27)30-13-21(26)24-19-11-18(23-15(3)25)9-10-20(19)28-4/h5-11,14H,12-13H2,1-4H3,(H,23,25)(H,24,26). The zero-order valence-corrected chi connectivity index (χ0v) is 17.5. The van der Waals surface area contributed by atoms with Gasteiger partial charge in [0.2, 0.25) is 5.91 Å². The molecule has 2 aromatic carbocycles. The van der Waals surface area contributed by atoms with Gasteiger partial charge in [-0.25, -0.2) is 4.79 Å². The number of hydrogen-bond acceptors (Lipinski definition) is 6. The summed E-state index contributed by atoms with van der Waals surface area (Å²) in [6.07, 6.45) is 0.116. The molecule has 0 spiro atoms. The van der Waals surface area contributed by atoms with Gasteiger partial charge in [0.1, 0.15) is 5.75 Å². The Bertz CT molecular complexity index is 893. The topological polar surface area (TPSA) is 103 Å². The van der Waals surface area contributed by atoms with Gasteiger partial charge >= 0.3 is 5.97 Å². The van der Waals surface area contributed by atoms with Gasteiger partial charge in [-0.2, -0.15) is 0 Å². The molecular formula is C22H26N2O6. The number of amides is 2. The fourth-order valence-corrected chi connectivity index (χ4v) is 2.49. The Kier molecular flexibility index (Phi) is 8.37. The summed E-state index contributed by atoms with van der Waals surface area (Å²) in [4.78, 5) is 35.6. The number of nitrogens with one attached hydrogen (secondary N) is 2. The number of benzene rings is 2. The van der Waals surface area contributed by atoms with Gasteiger partial charge in [0.05, 0.1) is 31.1 Å². The van der Waals surface area contributed by atoms with E-state index in [4.69, 9.17) is 14.2 Å². The molecule has 0 bridgehead atoms. The quantitative estimate of drug-likeness (QED) is 0.610. The van der Waals surface area contributed by atoms with Crippen LogP contribution in [0.5, 0.6) is 5.75 Å². The first kappa shape index (κ1) is 22.9. The van der Waals surface area contributed by atoms with Crippen LogP contribution in [0, 0.1) is 0 Å². The highest BCUT2D eigenvalue weighted by Gasteiger charge is 2.13. The second kappa shape index (κ2) is 11.0. The molecule has 8 nitrogen and oxygen atoms in total. The summed E-state index contributed by atoms with van der Waals surface area (Å²) in [5, 5.41) is 5.23. The van der Waals surface area contributed by atoms with Gasteiger partial charge in [0, 0.05) is 12.6 Å². The maximum Gasteiger partial charge on any atom is 0.338 e. The van der Waals surface area contributed by atoms with Crippen molar-refractivity contribution in [2.45, 2.75) is 33.5 Å². The number of anilines is 2. The Hall–Kier alpha value is -3.39. The summed E-state index contributed by atoms with van der Waals surface area (Å²) in [6.45, 7) is 5.26. The summed E-state index contributed by atoms with van der Waals surface area (Å²) < 4.78 is 15.8. The Morgan fingerprint density at radius 3 is 2.30 bits per heavy atom. The number of esters is 1. The zero-order chi connectivity index (χ0) is 22.1. The van der Waals surface area contributed by atoms with E-state index in [1.165, 1.54) is 14.0 Å². The van der Waals surface area contributed by atoms with E-state index in [0.29, 0.717) is 29.3 Å². The molecule has 0 aromatic heterocycles. The van der Waals surface area contributed by atoms with Crippen LogP contribution in [0.1, 0.15) is 36.7 Å². The molecule has 0 aliphatic carbocycles. The van der Waals surface area contributed by atoms with Gasteiger partial charge in [-0.15, -0.1) is 0 Å². The average molecular weight is 414 g/mol. The van der Waals surface area contributed by atoms with E-state index in [0.717, 1.165) is 5.56 Å². The first-order valence-electron chi connectivity index (χ1n) is 9.41.